The number of benzene rings is 1. The maximum absolute atomic E-state index is 12.7. The van der Waals surface area contributed by atoms with Crippen molar-refractivity contribution in [3.8, 4) is 0 Å². The first-order valence-electron chi connectivity index (χ1n) is 10.1. The summed E-state index contributed by atoms with van der Waals surface area (Å²) in [7, 11) is 0. The van der Waals surface area contributed by atoms with E-state index in [0.717, 1.165) is 35.6 Å². The van der Waals surface area contributed by atoms with E-state index >= 15 is 0 Å². The molecule has 2 saturated heterocycles. The molecular weight excluding hydrogens is 338 g/mol. The molecule has 3 fully saturated rings. The van der Waals surface area contributed by atoms with Gasteiger partial charge in [-0.25, -0.2) is 0 Å². The topological polar surface area (TPSA) is 53.0 Å². The molecule has 5 rings (SSSR count). The zero-order chi connectivity index (χ0) is 18.5. The average molecular weight is 363 g/mol. The summed E-state index contributed by atoms with van der Waals surface area (Å²) in [6, 6.07) is 6.34. The second-order valence-electron chi connectivity index (χ2n) is 8.32. The number of hydrazone groups is 1. The molecule has 140 valence electrons. The van der Waals surface area contributed by atoms with Gasteiger partial charge in [0.05, 0.1) is 18.1 Å². The van der Waals surface area contributed by atoms with E-state index in [0.29, 0.717) is 0 Å². The predicted molar refractivity (Wildman–Crippen MR) is 104 cm³/mol. The SMILES string of the molecule is Cc1cc(N2CCCCC2)ccc1C=NN1C(=O)C2C3C=CC(C3)C2C1=O. The van der Waals surface area contributed by atoms with Crippen LogP contribution >= 0.6 is 0 Å². The van der Waals surface area contributed by atoms with Gasteiger partial charge in [0.15, 0.2) is 0 Å². The zero-order valence-electron chi connectivity index (χ0n) is 15.7. The summed E-state index contributed by atoms with van der Waals surface area (Å²) in [4.78, 5) is 27.8. The normalized spacial score (nSPS) is 32.2. The molecule has 1 aromatic carbocycles. The number of anilines is 1. The van der Waals surface area contributed by atoms with Gasteiger partial charge in [0.1, 0.15) is 0 Å². The number of aryl methyl sites for hydroxylation is 1. The zero-order valence-corrected chi connectivity index (χ0v) is 15.7. The molecule has 1 saturated carbocycles. The van der Waals surface area contributed by atoms with Crippen LogP contribution in [-0.2, 0) is 9.59 Å². The van der Waals surface area contributed by atoms with Crippen molar-refractivity contribution in [2.75, 3.05) is 18.0 Å². The van der Waals surface area contributed by atoms with Crippen molar-refractivity contribution in [3.05, 3.63) is 41.5 Å². The largest absolute Gasteiger partial charge is 0.372 e. The van der Waals surface area contributed by atoms with Crippen molar-refractivity contribution in [2.24, 2.45) is 28.8 Å². The minimum absolute atomic E-state index is 0.124. The van der Waals surface area contributed by atoms with Crippen LogP contribution in [0.15, 0.2) is 35.5 Å². The summed E-state index contributed by atoms with van der Waals surface area (Å²) in [5, 5.41) is 5.43. The maximum Gasteiger partial charge on any atom is 0.254 e. The molecule has 2 aliphatic carbocycles. The summed E-state index contributed by atoms with van der Waals surface area (Å²) in [5.41, 5.74) is 3.31. The summed E-state index contributed by atoms with van der Waals surface area (Å²) in [5.74, 6) is -0.176. The van der Waals surface area contributed by atoms with Crippen molar-refractivity contribution >= 4 is 23.7 Å². The molecule has 1 aromatic rings. The third-order valence-corrected chi connectivity index (χ3v) is 6.73. The van der Waals surface area contributed by atoms with Gasteiger partial charge in [-0.2, -0.15) is 10.1 Å². The molecule has 4 unspecified atom stereocenters. The maximum atomic E-state index is 12.7. The van der Waals surface area contributed by atoms with E-state index in [1.54, 1.807) is 6.21 Å². The first-order valence-corrected chi connectivity index (χ1v) is 10.1. The molecule has 4 atom stereocenters. The van der Waals surface area contributed by atoms with E-state index in [9.17, 15) is 9.59 Å². The van der Waals surface area contributed by atoms with E-state index in [4.69, 9.17) is 0 Å². The Hall–Kier alpha value is -2.43. The third kappa shape index (κ3) is 2.63. The second-order valence-corrected chi connectivity index (χ2v) is 8.32. The molecule has 2 heterocycles. The highest BCUT2D eigenvalue weighted by molar-refractivity contribution is 6.06. The van der Waals surface area contributed by atoms with E-state index in [1.165, 1.54) is 24.9 Å². The van der Waals surface area contributed by atoms with E-state index in [2.05, 4.69) is 41.2 Å². The fourth-order valence-corrected chi connectivity index (χ4v) is 5.27. The lowest BCUT2D eigenvalue weighted by atomic mass is 9.85. The van der Waals surface area contributed by atoms with Crippen molar-refractivity contribution in [1.82, 2.24) is 5.01 Å². The van der Waals surface area contributed by atoms with Crippen LogP contribution in [0.4, 0.5) is 5.69 Å². The Labute approximate surface area is 159 Å². The van der Waals surface area contributed by atoms with Gasteiger partial charge in [-0.05, 0) is 67.7 Å². The lowest BCUT2D eigenvalue weighted by molar-refractivity contribution is -0.140. The first kappa shape index (κ1) is 16.7. The lowest BCUT2D eigenvalue weighted by Crippen LogP contribution is -2.29. The van der Waals surface area contributed by atoms with Gasteiger partial charge >= 0.3 is 0 Å². The fraction of sp³-hybridized carbons (Fsp3) is 0.500. The van der Waals surface area contributed by atoms with Gasteiger partial charge in [0, 0.05) is 18.8 Å². The van der Waals surface area contributed by atoms with Gasteiger partial charge < -0.3 is 4.90 Å². The Bertz CT molecular complexity index is 823. The Morgan fingerprint density at radius 2 is 1.67 bits per heavy atom. The summed E-state index contributed by atoms with van der Waals surface area (Å²) < 4.78 is 0. The number of imide groups is 1. The number of rotatable bonds is 3. The first-order chi connectivity index (χ1) is 13.1. The van der Waals surface area contributed by atoms with Gasteiger partial charge in [-0.1, -0.05) is 18.2 Å². The molecule has 0 spiro atoms. The number of carbonyl (C=O) groups excluding carboxylic acids is 2. The molecule has 2 aliphatic heterocycles. The molecular formula is C22H25N3O2. The van der Waals surface area contributed by atoms with Crippen LogP contribution in [0.1, 0.15) is 36.8 Å². The summed E-state index contributed by atoms with van der Waals surface area (Å²) in [6.07, 6.45) is 10.6. The standard InChI is InChI=1S/C22H25N3O2/c1-14-11-18(24-9-3-2-4-10-24)8-7-17(14)13-23-25-21(26)19-15-5-6-16(12-15)20(19)22(25)27/h5-8,11,13,15-16,19-20H,2-4,9-10,12H2,1H3. The third-order valence-electron chi connectivity index (χ3n) is 6.73. The number of carbonyl (C=O) groups is 2. The minimum Gasteiger partial charge on any atom is -0.372 e. The van der Waals surface area contributed by atoms with Crippen LogP contribution in [-0.4, -0.2) is 36.1 Å². The number of hydrogen-bond acceptors (Lipinski definition) is 4. The Balaban J connectivity index is 1.34. The van der Waals surface area contributed by atoms with Crippen molar-refractivity contribution in [3.63, 3.8) is 0 Å². The van der Waals surface area contributed by atoms with Crippen molar-refractivity contribution < 1.29 is 9.59 Å². The lowest BCUT2D eigenvalue weighted by Gasteiger charge is -2.29. The van der Waals surface area contributed by atoms with Crippen LogP contribution in [0, 0.1) is 30.6 Å². The quantitative estimate of drug-likeness (QED) is 0.471. The number of hydrogen-bond donors (Lipinski definition) is 0. The van der Waals surface area contributed by atoms with Crippen molar-refractivity contribution in [2.45, 2.75) is 32.6 Å². The highest BCUT2D eigenvalue weighted by Gasteiger charge is 2.59. The number of amides is 2. The van der Waals surface area contributed by atoms with E-state index < -0.39 is 0 Å². The highest BCUT2D eigenvalue weighted by atomic mass is 16.2. The number of piperidine rings is 1. The average Bonchev–Trinajstić information content (AvgIpc) is 3.36. The summed E-state index contributed by atoms with van der Waals surface area (Å²) >= 11 is 0. The van der Waals surface area contributed by atoms with E-state index in [-0.39, 0.29) is 35.5 Å². The van der Waals surface area contributed by atoms with E-state index in [1.807, 2.05) is 6.07 Å². The van der Waals surface area contributed by atoms with Crippen LogP contribution in [0.2, 0.25) is 0 Å². The monoisotopic (exact) mass is 363 g/mol. The molecule has 2 bridgehead atoms. The van der Waals surface area contributed by atoms with Gasteiger partial charge in [-0.3, -0.25) is 9.59 Å². The molecule has 0 radical (unpaired) electrons. The van der Waals surface area contributed by atoms with Gasteiger partial charge in [0.2, 0.25) is 0 Å². The fourth-order valence-electron chi connectivity index (χ4n) is 5.27. The number of nitrogens with zero attached hydrogens (tertiary/aromatic N) is 3. The number of allylic oxidation sites excluding steroid dienone is 2. The molecule has 0 N–H and O–H groups in total. The Morgan fingerprint density at radius 3 is 2.30 bits per heavy atom. The molecule has 2 amide bonds. The Morgan fingerprint density at radius 1 is 1.00 bits per heavy atom. The highest BCUT2D eigenvalue weighted by Crippen LogP contribution is 2.52. The van der Waals surface area contributed by atoms with Gasteiger partial charge in [-0.15, -0.1) is 0 Å². The molecule has 5 nitrogen and oxygen atoms in total. The van der Waals surface area contributed by atoms with Crippen LogP contribution < -0.4 is 4.90 Å². The van der Waals surface area contributed by atoms with Crippen LogP contribution in [0.5, 0.6) is 0 Å². The molecule has 4 aliphatic rings. The van der Waals surface area contributed by atoms with Crippen molar-refractivity contribution in [1.29, 1.82) is 0 Å². The van der Waals surface area contributed by atoms with Gasteiger partial charge in [0.25, 0.3) is 11.8 Å². The predicted octanol–water partition coefficient (Wildman–Crippen LogP) is 3.13. The second kappa shape index (κ2) is 6.32. The Kier molecular flexibility index (Phi) is 3.92. The van der Waals surface area contributed by atoms with Crippen LogP contribution in [0.3, 0.4) is 0 Å². The molecule has 27 heavy (non-hydrogen) atoms. The summed E-state index contributed by atoms with van der Waals surface area (Å²) in [6.45, 7) is 4.28. The molecule has 0 aromatic heterocycles. The molecule has 5 heteroatoms. The minimum atomic E-state index is -0.188. The van der Waals surface area contributed by atoms with Crippen LogP contribution in [0.25, 0.3) is 0 Å². The number of fused-ring (bicyclic) bond motifs is 5. The smallest absolute Gasteiger partial charge is 0.254 e.